The number of amides is 1. The van der Waals surface area contributed by atoms with Gasteiger partial charge in [0.15, 0.2) is 0 Å². The second-order valence-electron chi connectivity index (χ2n) is 5.11. The van der Waals surface area contributed by atoms with Gasteiger partial charge in [0.25, 0.3) is 5.91 Å². The first-order chi connectivity index (χ1) is 9.04. The van der Waals surface area contributed by atoms with Crippen LogP contribution in [0.4, 0.5) is 4.39 Å². The van der Waals surface area contributed by atoms with Gasteiger partial charge in [0.2, 0.25) is 0 Å². The quantitative estimate of drug-likeness (QED) is 0.925. The number of benzene rings is 1. The van der Waals surface area contributed by atoms with Crippen LogP contribution in [0.5, 0.6) is 0 Å². The zero-order chi connectivity index (χ0) is 13.8. The molecular formula is C14H18ClFN2O. The van der Waals surface area contributed by atoms with Crippen molar-refractivity contribution in [3.05, 3.63) is 34.6 Å². The maximum atomic E-state index is 13.2. The fourth-order valence-corrected chi connectivity index (χ4v) is 2.51. The van der Waals surface area contributed by atoms with Crippen molar-refractivity contribution in [1.82, 2.24) is 10.2 Å². The van der Waals surface area contributed by atoms with Crippen LogP contribution in [-0.2, 0) is 0 Å². The Balaban J connectivity index is 1.87. The standard InChI is InChI=1S/C14H18ClFN2O/c1-18-4-2-10(3-5-18)9-17-14(19)11-6-12(15)8-13(16)7-11/h6-8,10H,2-5,9H2,1H3,(H,17,19). The van der Waals surface area contributed by atoms with E-state index in [9.17, 15) is 9.18 Å². The van der Waals surface area contributed by atoms with Crippen molar-refractivity contribution < 1.29 is 9.18 Å². The van der Waals surface area contributed by atoms with E-state index in [1.165, 1.54) is 18.2 Å². The predicted octanol–water partition coefficient (Wildman–Crippen LogP) is 2.55. The molecule has 1 saturated heterocycles. The molecule has 1 aromatic carbocycles. The van der Waals surface area contributed by atoms with Gasteiger partial charge in [-0.15, -0.1) is 0 Å². The SMILES string of the molecule is CN1CCC(CNC(=O)c2cc(F)cc(Cl)c2)CC1. The monoisotopic (exact) mass is 284 g/mol. The number of piperidine rings is 1. The van der Waals surface area contributed by atoms with Crippen LogP contribution >= 0.6 is 11.6 Å². The Morgan fingerprint density at radius 1 is 1.42 bits per heavy atom. The lowest BCUT2D eigenvalue weighted by atomic mass is 9.97. The third-order valence-electron chi connectivity index (χ3n) is 3.51. The van der Waals surface area contributed by atoms with Crippen LogP contribution in [0.1, 0.15) is 23.2 Å². The number of likely N-dealkylation sites (tertiary alicyclic amines) is 1. The molecule has 0 unspecified atom stereocenters. The fourth-order valence-electron chi connectivity index (χ4n) is 2.29. The van der Waals surface area contributed by atoms with Gasteiger partial charge in [0, 0.05) is 17.1 Å². The molecule has 0 aromatic heterocycles. The normalized spacial score (nSPS) is 17.4. The molecule has 1 aliphatic heterocycles. The first-order valence-corrected chi connectivity index (χ1v) is 6.85. The molecule has 104 valence electrons. The molecule has 1 amide bonds. The van der Waals surface area contributed by atoms with E-state index >= 15 is 0 Å². The van der Waals surface area contributed by atoms with Crippen LogP contribution in [0, 0.1) is 11.7 Å². The van der Waals surface area contributed by atoms with Crippen LogP contribution in [0.2, 0.25) is 5.02 Å². The second kappa shape index (κ2) is 6.35. The summed E-state index contributed by atoms with van der Waals surface area (Å²) in [5.41, 5.74) is 0.276. The average molecular weight is 285 g/mol. The number of nitrogens with one attached hydrogen (secondary N) is 1. The highest BCUT2D eigenvalue weighted by molar-refractivity contribution is 6.31. The van der Waals surface area contributed by atoms with Crippen molar-refractivity contribution in [2.45, 2.75) is 12.8 Å². The highest BCUT2D eigenvalue weighted by Gasteiger charge is 2.17. The maximum absolute atomic E-state index is 13.2. The fraction of sp³-hybridized carbons (Fsp3) is 0.500. The molecule has 0 atom stereocenters. The van der Waals surface area contributed by atoms with E-state index in [0.717, 1.165) is 25.9 Å². The van der Waals surface area contributed by atoms with E-state index in [2.05, 4.69) is 17.3 Å². The summed E-state index contributed by atoms with van der Waals surface area (Å²) in [6.07, 6.45) is 2.17. The molecule has 5 heteroatoms. The topological polar surface area (TPSA) is 32.3 Å². The molecule has 0 bridgehead atoms. The summed E-state index contributed by atoms with van der Waals surface area (Å²) < 4.78 is 13.2. The second-order valence-corrected chi connectivity index (χ2v) is 5.55. The van der Waals surface area contributed by atoms with Gasteiger partial charge in [-0.3, -0.25) is 4.79 Å². The van der Waals surface area contributed by atoms with Crippen LogP contribution in [0.25, 0.3) is 0 Å². The third kappa shape index (κ3) is 4.18. The van der Waals surface area contributed by atoms with Crippen molar-refractivity contribution >= 4 is 17.5 Å². The van der Waals surface area contributed by atoms with E-state index < -0.39 is 5.82 Å². The number of rotatable bonds is 3. The van der Waals surface area contributed by atoms with Gasteiger partial charge < -0.3 is 10.2 Å². The van der Waals surface area contributed by atoms with Crippen LogP contribution < -0.4 is 5.32 Å². The molecule has 1 aliphatic rings. The Labute approximate surface area is 117 Å². The van der Waals surface area contributed by atoms with Crippen molar-refractivity contribution in [3.63, 3.8) is 0 Å². The van der Waals surface area contributed by atoms with E-state index in [1.54, 1.807) is 0 Å². The van der Waals surface area contributed by atoms with Crippen LogP contribution in [0.3, 0.4) is 0 Å². The lowest BCUT2D eigenvalue weighted by Crippen LogP contribution is -2.36. The third-order valence-corrected chi connectivity index (χ3v) is 3.73. The molecule has 1 N–H and O–H groups in total. The number of hydrogen-bond donors (Lipinski definition) is 1. The zero-order valence-electron chi connectivity index (χ0n) is 11.0. The summed E-state index contributed by atoms with van der Waals surface area (Å²) >= 11 is 5.73. The molecule has 0 saturated carbocycles. The van der Waals surface area contributed by atoms with Crippen molar-refractivity contribution in [3.8, 4) is 0 Å². The molecule has 2 rings (SSSR count). The largest absolute Gasteiger partial charge is 0.352 e. The van der Waals surface area contributed by atoms with Gasteiger partial charge >= 0.3 is 0 Å². The summed E-state index contributed by atoms with van der Waals surface area (Å²) in [6.45, 7) is 2.76. The summed E-state index contributed by atoms with van der Waals surface area (Å²) in [7, 11) is 2.10. The summed E-state index contributed by atoms with van der Waals surface area (Å²) in [5.74, 6) is -0.249. The van der Waals surface area contributed by atoms with E-state index in [1.807, 2.05) is 0 Å². The Hall–Kier alpha value is -1.13. The highest BCUT2D eigenvalue weighted by atomic mass is 35.5. The molecule has 1 aromatic rings. The summed E-state index contributed by atoms with van der Waals surface area (Å²) in [6, 6.07) is 3.87. The lowest BCUT2D eigenvalue weighted by Gasteiger charge is -2.28. The number of nitrogens with zero attached hydrogens (tertiary/aromatic N) is 1. The van der Waals surface area contributed by atoms with Gasteiger partial charge in [0.05, 0.1) is 0 Å². The highest BCUT2D eigenvalue weighted by Crippen LogP contribution is 2.16. The van der Waals surface area contributed by atoms with Gasteiger partial charge in [-0.25, -0.2) is 4.39 Å². The van der Waals surface area contributed by atoms with E-state index in [0.29, 0.717) is 12.5 Å². The first-order valence-electron chi connectivity index (χ1n) is 6.47. The predicted molar refractivity (Wildman–Crippen MR) is 74.0 cm³/mol. The van der Waals surface area contributed by atoms with Crippen molar-refractivity contribution in [2.75, 3.05) is 26.7 Å². The molecule has 3 nitrogen and oxygen atoms in total. The first kappa shape index (κ1) is 14.3. The van der Waals surface area contributed by atoms with Crippen molar-refractivity contribution in [2.24, 2.45) is 5.92 Å². The Morgan fingerprint density at radius 3 is 2.74 bits per heavy atom. The van der Waals surface area contributed by atoms with Gasteiger partial charge in [0.1, 0.15) is 5.82 Å². The van der Waals surface area contributed by atoms with Crippen LogP contribution in [0.15, 0.2) is 18.2 Å². The summed E-state index contributed by atoms with van der Waals surface area (Å²) in [4.78, 5) is 14.2. The minimum Gasteiger partial charge on any atom is -0.352 e. The number of hydrogen-bond acceptors (Lipinski definition) is 2. The van der Waals surface area contributed by atoms with Crippen molar-refractivity contribution in [1.29, 1.82) is 0 Å². The Bertz CT molecular complexity index is 439. The minimum atomic E-state index is -0.489. The number of carbonyl (C=O) groups excluding carboxylic acids is 1. The average Bonchev–Trinajstić information content (AvgIpc) is 2.36. The number of carbonyl (C=O) groups is 1. The lowest BCUT2D eigenvalue weighted by molar-refractivity contribution is 0.0938. The molecular weight excluding hydrogens is 267 g/mol. The molecule has 0 radical (unpaired) electrons. The zero-order valence-corrected chi connectivity index (χ0v) is 11.7. The molecule has 0 spiro atoms. The van der Waals surface area contributed by atoms with E-state index in [-0.39, 0.29) is 16.5 Å². The molecule has 1 fully saturated rings. The van der Waals surface area contributed by atoms with Gasteiger partial charge in [-0.2, -0.15) is 0 Å². The Morgan fingerprint density at radius 2 is 2.11 bits per heavy atom. The molecule has 0 aliphatic carbocycles. The Kier molecular flexibility index (Phi) is 4.77. The molecule has 19 heavy (non-hydrogen) atoms. The smallest absolute Gasteiger partial charge is 0.251 e. The molecule has 1 heterocycles. The maximum Gasteiger partial charge on any atom is 0.251 e. The number of halogens is 2. The van der Waals surface area contributed by atoms with E-state index in [4.69, 9.17) is 11.6 Å². The minimum absolute atomic E-state index is 0.240. The van der Waals surface area contributed by atoms with Gasteiger partial charge in [-0.05, 0) is 57.1 Å². The summed E-state index contributed by atoms with van der Waals surface area (Å²) in [5, 5.41) is 3.10. The van der Waals surface area contributed by atoms with Crippen LogP contribution in [-0.4, -0.2) is 37.5 Å². The van der Waals surface area contributed by atoms with Gasteiger partial charge in [-0.1, -0.05) is 11.6 Å².